The number of imidazole rings is 2. The molecular formula is C30H25BN6. The van der Waals surface area contributed by atoms with E-state index in [0.717, 1.165) is 51.2 Å². The molecule has 2 aliphatic rings. The largest absolute Gasteiger partial charge is 0.281 e. The molecule has 5 heterocycles. The first-order valence-corrected chi connectivity index (χ1v) is 12.8. The summed E-state index contributed by atoms with van der Waals surface area (Å²) in [6.45, 7) is 13.1. The molecule has 0 amide bonds. The number of benzene rings is 3. The fourth-order valence-corrected chi connectivity index (χ4v) is 6.65. The van der Waals surface area contributed by atoms with Crippen LogP contribution >= 0.6 is 0 Å². The first-order valence-electron chi connectivity index (χ1n) is 12.8. The van der Waals surface area contributed by atoms with Crippen molar-refractivity contribution in [2.45, 2.75) is 41.5 Å². The molecule has 6 aromatic rings. The highest BCUT2D eigenvalue weighted by molar-refractivity contribution is 7.00. The van der Waals surface area contributed by atoms with Crippen LogP contribution in [-0.2, 0) is 0 Å². The molecule has 8 rings (SSSR count). The molecule has 0 radical (unpaired) electrons. The SMILES string of the molecule is Cc1cc2nc(C)n3c2c(c1C)B1c2c-3nc(-c3ccccc3)nc2-n2c(C)nc3cc(C)c(C)c1c32. The van der Waals surface area contributed by atoms with Crippen molar-refractivity contribution in [1.82, 2.24) is 29.1 Å². The Kier molecular flexibility index (Phi) is 3.80. The summed E-state index contributed by atoms with van der Waals surface area (Å²) in [6.07, 6.45) is 0. The van der Waals surface area contributed by atoms with E-state index in [-0.39, 0.29) is 6.71 Å². The third-order valence-electron chi connectivity index (χ3n) is 8.58. The van der Waals surface area contributed by atoms with Crippen LogP contribution in [-0.4, -0.2) is 35.8 Å². The van der Waals surface area contributed by atoms with Gasteiger partial charge in [-0.1, -0.05) is 41.5 Å². The van der Waals surface area contributed by atoms with Crippen LogP contribution in [0.25, 0.3) is 45.1 Å². The Hall–Kier alpha value is -4.26. The average Bonchev–Trinajstić information content (AvgIpc) is 3.39. The topological polar surface area (TPSA) is 61.4 Å². The molecule has 0 aliphatic carbocycles. The molecule has 7 heteroatoms. The van der Waals surface area contributed by atoms with E-state index in [4.69, 9.17) is 19.9 Å². The molecule has 0 unspecified atom stereocenters. The van der Waals surface area contributed by atoms with Gasteiger partial charge in [0.25, 0.3) is 6.71 Å². The molecule has 6 nitrogen and oxygen atoms in total. The van der Waals surface area contributed by atoms with Gasteiger partial charge in [0.2, 0.25) is 0 Å². The molecule has 0 atom stereocenters. The van der Waals surface area contributed by atoms with E-state index in [1.165, 1.54) is 44.2 Å². The fraction of sp³-hybridized carbons (Fsp3) is 0.200. The number of aryl methyl sites for hydroxylation is 4. The van der Waals surface area contributed by atoms with Crippen LogP contribution in [0.1, 0.15) is 33.9 Å². The maximum atomic E-state index is 5.27. The highest BCUT2D eigenvalue weighted by Crippen LogP contribution is 2.34. The molecule has 0 N–H and O–H groups in total. The molecule has 178 valence electrons. The highest BCUT2D eigenvalue weighted by Gasteiger charge is 2.44. The van der Waals surface area contributed by atoms with Gasteiger partial charge < -0.3 is 0 Å². The van der Waals surface area contributed by atoms with E-state index < -0.39 is 0 Å². The van der Waals surface area contributed by atoms with Crippen molar-refractivity contribution in [3.05, 3.63) is 76.4 Å². The molecule has 3 aromatic heterocycles. The monoisotopic (exact) mass is 480 g/mol. The average molecular weight is 480 g/mol. The van der Waals surface area contributed by atoms with Gasteiger partial charge in [0.05, 0.1) is 22.1 Å². The molecule has 0 fully saturated rings. The second kappa shape index (κ2) is 6.74. The zero-order valence-corrected chi connectivity index (χ0v) is 21.8. The lowest BCUT2D eigenvalue weighted by Crippen LogP contribution is -2.62. The van der Waals surface area contributed by atoms with Crippen LogP contribution in [0.2, 0.25) is 0 Å². The molecule has 37 heavy (non-hydrogen) atoms. The maximum absolute atomic E-state index is 5.27. The molecule has 2 aliphatic heterocycles. The summed E-state index contributed by atoms with van der Waals surface area (Å²) in [6, 6.07) is 14.7. The lowest BCUT2D eigenvalue weighted by atomic mass is 9.33. The number of aromatic nitrogens is 6. The van der Waals surface area contributed by atoms with Crippen LogP contribution in [0, 0.1) is 41.5 Å². The third kappa shape index (κ3) is 2.42. The molecule has 3 aromatic carbocycles. The molecular weight excluding hydrogens is 455 g/mol. The van der Waals surface area contributed by atoms with Crippen LogP contribution in [0.4, 0.5) is 0 Å². The third-order valence-corrected chi connectivity index (χ3v) is 8.58. The summed E-state index contributed by atoms with van der Waals surface area (Å²) < 4.78 is 4.53. The van der Waals surface area contributed by atoms with Crippen LogP contribution in [0.5, 0.6) is 0 Å². The van der Waals surface area contributed by atoms with E-state index in [9.17, 15) is 0 Å². The smallest absolute Gasteiger partial charge is 0.257 e. The summed E-state index contributed by atoms with van der Waals surface area (Å²) in [5, 5.41) is 0. The van der Waals surface area contributed by atoms with Gasteiger partial charge in [-0.25, -0.2) is 19.9 Å². The molecule has 0 saturated heterocycles. The summed E-state index contributed by atoms with van der Waals surface area (Å²) in [5.41, 5.74) is 14.3. The lowest BCUT2D eigenvalue weighted by molar-refractivity contribution is 0.913. The summed E-state index contributed by atoms with van der Waals surface area (Å²) in [4.78, 5) is 20.6. The molecule has 0 saturated carbocycles. The number of fused-ring (bicyclic) bond motifs is 4. The Bertz CT molecular complexity index is 1880. The van der Waals surface area contributed by atoms with Gasteiger partial charge in [0, 0.05) is 11.0 Å². The quantitative estimate of drug-likeness (QED) is 0.336. The lowest BCUT2D eigenvalue weighted by Gasteiger charge is -2.34. The second-order valence-electron chi connectivity index (χ2n) is 10.6. The van der Waals surface area contributed by atoms with Gasteiger partial charge in [-0.2, -0.15) is 0 Å². The van der Waals surface area contributed by atoms with Gasteiger partial charge >= 0.3 is 0 Å². The maximum Gasteiger partial charge on any atom is 0.257 e. The van der Waals surface area contributed by atoms with Crippen LogP contribution in [0.3, 0.4) is 0 Å². The minimum Gasteiger partial charge on any atom is -0.281 e. The van der Waals surface area contributed by atoms with Gasteiger partial charge in [-0.05, 0) is 75.7 Å². The first kappa shape index (κ1) is 20.9. The van der Waals surface area contributed by atoms with E-state index in [2.05, 4.69) is 74.9 Å². The van der Waals surface area contributed by atoms with Crippen molar-refractivity contribution < 1.29 is 0 Å². The van der Waals surface area contributed by atoms with Gasteiger partial charge in [0.1, 0.15) is 23.3 Å². The summed E-state index contributed by atoms with van der Waals surface area (Å²) >= 11 is 0. The van der Waals surface area contributed by atoms with E-state index in [0.29, 0.717) is 0 Å². The Morgan fingerprint density at radius 2 is 1.08 bits per heavy atom. The van der Waals surface area contributed by atoms with Crippen molar-refractivity contribution in [3.63, 3.8) is 0 Å². The van der Waals surface area contributed by atoms with Crippen molar-refractivity contribution in [3.8, 4) is 23.0 Å². The fourth-order valence-electron chi connectivity index (χ4n) is 6.65. The zero-order chi connectivity index (χ0) is 25.3. The Balaban J connectivity index is 1.66. The number of hydrogen-bond donors (Lipinski definition) is 0. The predicted molar refractivity (Wildman–Crippen MR) is 150 cm³/mol. The standard InChI is InChI=1S/C30H25BN6/c1-14-12-21-26-23(16(14)3)31-24-17(4)15(2)13-22-27(24)37(19(6)33-22)30-25(31)29(36(26)18(5)32-21)34-28(35-30)20-10-8-7-9-11-20/h7-13H,1-6H3. The van der Waals surface area contributed by atoms with Crippen molar-refractivity contribution >= 4 is 45.2 Å². The number of rotatable bonds is 1. The Labute approximate surface area is 215 Å². The molecule has 0 bridgehead atoms. The van der Waals surface area contributed by atoms with Gasteiger partial charge in [0.15, 0.2) is 5.82 Å². The number of hydrogen-bond acceptors (Lipinski definition) is 4. The van der Waals surface area contributed by atoms with Crippen LogP contribution in [0.15, 0.2) is 42.5 Å². The van der Waals surface area contributed by atoms with Crippen molar-refractivity contribution in [2.75, 3.05) is 0 Å². The first-order chi connectivity index (χ1) is 17.8. The van der Waals surface area contributed by atoms with Crippen LogP contribution < -0.4 is 16.4 Å². The summed E-state index contributed by atoms with van der Waals surface area (Å²) in [5.74, 6) is 4.46. The summed E-state index contributed by atoms with van der Waals surface area (Å²) in [7, 11) is 0. The number of nitrogens with zero attached hydrogens (tertiary/aromatic N) is 6. The van der Waals surface area contributed by atoms with Crippen molar-refractivity contribution in [2.24, 2.45) is 0 Å². The highest BCUT2D eigenvalue weighted by atomic mass is 15.2. The molecule has 0 spiro atoms. The zero-order valence-electron chi connectivity index (χ0n) is 21.8. The van der Waals surface area contributed by atoms with Gasteiger partial charge in [-0.3, -0.25) is 9.13 Å². The Morgan fingerprint density at radius 3 is 1.57 bits per heavy atom. The van der Waals surface area contributed by atoms with Gasteiger partial charge in [-0.15, -0.1) is 0 Å². The van der Waals surface area contributed by atoms with E-state index in [1.54, 1.807) is 0 Å². The normalized spacial score (nSPS) is 13.1. The van der Waals surface area contributed by atoms with E-state index >= 15 is 0 Å². The minimum absolute atomic E-state index is 0.0202. The minimum atomic E-state index is 0.0202. The second-order valence-corrected chi connectivity index (χ2v) is 10.6. The van der Waals surface area contributed by atoms with E-state index in [1.807, 2.05) is 18.2 Å². The van der Waals surface area contributed by atoms with Crippen molar-refractivity contribution in [1.29, 1.82) is 0 Å². The predicted octanol–water partition coefficient (Wildman–Crippen LogP) is 3.81. The Morgan fingerprint density at radius 1 is 0.595 bits per heavy atom.